The summed E-state index contributed by atoms with van der Waals surface area (Å²) >= 11 is 0. The number of alkyl halides is 3. The molecule has 5 rings (SSSR count). The first kappa shape index (κ1) is 31.8. The van der Waals surface area contributed by atoms with Gasteiger partial charge in [-0.2, -0.15) is 13.2 Å². The van der Waals surface area contributed by atoms with E-state index in [4.69, 9.17) is 19.2 Å². The molecule has 0 aliphatic carbocycles. The van der Waals surface area contributed by atoms with Crippen molar-refractivity contribution < 1.29 is 32.2 Å². The maximum absolute atomic E-state index is 13.8. The Bertz CT molecular complexity index is 1670. The fraction of sp³-hybridized carbons (Fsp3) is 0.343. The molecule has 0 spiro atoms. The summed E-state index contributed by atoms with van der Waals surface area (Å²) in [5.74, 6) is 1.11. The van der Waals surface area contributed by atoms with Crippen LogP contribution < -0.4 is 14.4 Å². The van der Waals surface area contributed by atoms with Crippen LogP contribution >= 0.6 is 0 Å². The van der Waals surface area contributed by atoms with Crippen LogP contribution in [0.3, 0.4) is 0 Å². The third kappa shape index (κ3) is 7.38. The maximum atomic E-state index is 13.8. The number of nitrogens with zero attached hydrogens (tertiary/aromatic N) is 3. The number of ether oxygens (including phenoxy) is 3. The molecule has 0 atom stereocenters. The predicted molar refractivity (Wildman–Crippen MR) is 166 cm³/mol. The van der Waals surface area contributed by atoms with Crippen LogP contribution in [0.25, 0.3) is 22.4 Å². The smallest absolute Gasteiger partial charge is 0.417 e. The lowest BCUT2D eigenvalue weighted by atomic mass is 9.96. The van der Waals surface area contributed by atoms with E-state index in [-0.39, 0.29) is 29.8 Å². The molecule has 0 radical (unpaired) electrons. The standard InChI is InChI=1S/C35H36F3N3O4/c1-5-44-33(42)24-13-16-41(17-14-24)34-39-15-12-31(40-34)29-18-22(2)6-11-32(29)45-21-26-8-7-25(19-23(26)3)28-10-9-27(43-4)20-30(28)35(36,37)38/h6-12,15,18-20,24H,5,13-14,16-17,21H2,1-4H3. The Morgan fingerprint density at radius 3 is 2.44 bits per heavy atom. The van der Waals surface area contributed by atoms with E-state index in [2.05, 4.69) is 9.88 Å². The van der Waals surface area contributed by atoms with Crippen molar-refractivity contribution in [2.24, 2.45) is 5.92 Å². The Morgan fingerprint density at radius 2 is 1.76 bits per heavy atom. The number of methoxy groups -OCH3 is 1. The van der Waals surface area contributed by atoms with E-state index in [1.807, 2.05) is 45.0 Å². The van der Waals surface area contributed by atoms with E-state index in [1.165, 1.54) is 19.2 Å². The van der Waals surface area contributed by atoms with E-state index in [0.717, 1.165) is 28.3 Å². The quantitative estimate of drug-likeness (QED) is 0.177. The van der Waals surface area contributed by atoms with Crippen LogP contribution in [-0.2, 0) is 22.3 Å². The van der Waals surface area contributed by atoms with E-state index < -0.39 is 11.7 Å². The number of aromatic nitrogens is 2. The van der Waals surface area contributed by atoms with Crippen molar-refractivity contribution in [2.45, 2.75) is 46.4 Å². The summed E-state index contributed by atoms with van der Waals surface area (Å²) in [6, 6.07) is 16.9. The molecular weight excluding hydrogens is 583 g/mol. The Hall–Kier alpha value is -4.60. The van der Waals surface area contributed by atoms with E-state index in [1.54, 1.807) is 24.4 Å². The van der Waals surface area contributed by atoms with Crippen molar-refractivity contribution in [3.63, 3.8) is 0 Å². The molecule has 45 heavy (non-hydrogen) atoms. The van der Waals surface area contributed by atoms with E-state index in [9.17, 15) is 18.0 Å². The summed E-state index contributed by atoms with van der Waals surface area (Å²) in [6.45, 7) is 7.57. The van der Waals surface area contributed by atoms with Gasteiger partial charge in [-0.05, 0) is 86.2 Å². The second-order valence-corrected chi connectivity index (χ2v) is 11.1. The van der Waals surface area contributed by atoms with Gasteiger partial charge in [0, 0.05) is 24.8 Å². The monoisotopic (exact) mass is 619 g/mol. The number of halogens is 3. The highest BCUT2D eigenvalue weighted by Gasteiger charge is 2.34. The molecule has 1 aromatic heterocycles. The van der Waals surface area contributed by atoms with Crippen LogP contribution in [0.4, 0.5) is 19.1 Å². The van der Waals surface area contributed by atoms with Crippen molar-refractivity contribution in [3.05, 3.63) is 89.1 Å². The minimum Gasteiger partial charge on any atom is -0.497 e. The average Bonchev–Trinajstić information content (AvgIpc) is 3.04. The summed E-state index contributed by atoms with van der Waals surface area (Å²) in [4.78, 5) is 23.6. The minimum absolute atomic E-state index is 0.0874. The van der Waals surface area contributed by atoms with Crippen LogP contribution in [0.5, 0.6) is 11.5 Å². The van der Waals surface area contributed by atoms with Gasteiger partial charge >= 0.3 is 12.1 Å². The molecule has 3 aromatic carbocycles. The van der Waals surface area contributed by atoms with Crippen LogP contribution in [0.2, 0.25) is 0 Å². The van der Waals surface area contributed by atoms with Crippen molar-refractivity contribution in [3.8, 4) is 33.9 Å². The number of benzene rings is 3. The molecule has 0 N–H and O–H groups in total. The number of rotatable bonds is 9. The summed E-state index contributed by atoms with van der Waals surface area (Å²) in [7, 11) is 1.34. The molecular formula is C35H36F3N3O4. The number of esters is 1. The topological polar surface area (TPSA) is 73.8 Å². The fourth-order valence-corrected chi connectivity index (χ4v) is 5.51. The zero-order valence-corrected chi connectivity index (χ0v) is 25.8. The first-order chi connectivity index (χ1) is 21.6. The predicted octanol–water partition coefficient (Wildman–Crippen LogP) is 7.81. The van der Waals surface area contributed by atoms with Gasteiger partial charge in [-0.25, -0.2) is 9.97 Å². The minimum atomic E-state index is -4.53. The Balaban J connectivity index is 1.34. The molecule has 1 aliphatic heterocycles. The number of aryl methyl sites for hydroxylation is 2. The van der Waals surface area contributed by atoms with Crippen molar-refractivity contribution in [1.29, 1.82) is 0 Å². The Morgan fingerprint density at radius 1 is 0.978 bits per heavy atom. The highest BCUT2D eigenvalue weighted by atomic mass is 19.4. The van der Waals surface area contributed by atoms with Gasteiger partial charge in [0.2, 0.25) is 5.95 Å². The first-order valence-electron chi connectivity index (χ1n) is 14.9. The summed E-state index contributed by atoms with van der Waals surface area (Å²) in [5.41, 5.74) is 4.00. The third-order valence-electron chi connectivity index (χ3n) is 8.02. The van der Waals surface area contributed by atoms with Gasteiger partial charge in [0.1, 0.15) is 18.1 Å². The molecule has 2 heterocycles. The lowest BCUT2D eigenvalue weighted by molar-refractivity contribution is -0.148. The number of hydrogen-bond acceptors (Lipinski definition) is 7. The van der Waals surface area contributed by atoms with Gasteiger partial charge in [-0.1, -0.05) is 35.9 Å². The number of carbonyl (C=O) groups is 1. The van der Waals surface area contributed by atoms with Gasteiger partial charge < -0.3 is 19.1 Å². The third-order valence-corrected chi connectivity index (χ3v) is 8.02. The summed E-state index contributed by atoms with van der Waals surface area (Å²) in [6.07, 6.45) is -1.45. The maximum Gasteiger partial charge on any atom is 0.417 e. The van der Waals surface area contributed by atoms with Gasteiger partial charge in [0.05, 0.1) is 30.9 Å². The van der Waals surface area contributed by atoms with E-state index >= 15 is 0 Å². The molecule has 1 saturated heterocycles. The molecule has 0 bridgehead atoms. The lowest BCUT2D eigenvalue weighted by Crippen LogP contribution is -2.37. The van der Waals surface area contributed by atoms with Crippen LogP contribution in [0.1, 0.15) is 42.0 Å². The average molecular weight is 620 g/mol. The van der Waals surface area contributed by atoms with Crippen LogP contribution in [0, 0.1) is 19.8 Å². The lowest BCUT2D eigenvalue weighted by Gasteiger charge is -2.31. The first-order valence-corrected chi connectivity index (χ1v) is 14.9. The Kier molecular flexibility index (Phi) is 9.60. The van der Waals surface area contributed by atoms with Crippen molar-refractivity contribution >= 4 is 11.9 Å². The number of carbonyl (C=O) groups excluding carboxylic acids is 1. The van der Waals surface area contributed by atoms with Crippen molar-refractivity contribution in [2.75, 3.05) is 31.7 Å². The molecule has 1 fully saturated rings. The zero-order chi connectivity index (χ0) is 32.1. The van der Waals surface area contributed by atoms with Gasteiger partial charge in [-0.15, -0.1) is 0 Å². The summed E-state index contributed by atoms with van der Waals surface area (Å²) < 4.78 is 58.0. The van der Waals surface area contributed by atoms with Gasteiger partial charge in [0.15, 0.2) is 0 Å². The van der Waals surface area contributed by atoms with Crippen molar-refractivity contribution in [1.82, 2.24) is 9.97 Å². The highest BCUT2D eigenvalue weighted by molar-refractivity contribution is 5.73. The molecule has 1 aliphatic rings. The zero-order valence-electron chi connectivity index (χ0n) is 25.8. The second-order valence-electron chi connectivity index (χ2n) is 11.1. The number of anilines is 1. The number of hydrogen-bond donors (Lipinski definition) is 0. The van der Waals surface area contributed by atoms with Crippen LogP contribution in [0.15, 0.2) is 66.9 Å². The van der Waals surface area contributed by atoms with Gasteiger partial charge in [-0.3, -0.25) is 4.79 Å². The second kappa shape index (κ2) is 13.6. The summed E-state index contributed by atoms with van der Waals surface area (Å²) in [5, 5.41) is 0. The molecule has 236 valence electrons. The molecule has 0 saturated carbocycles. The Labute approximate surface area is 261 Å². The largest absolute Gasteiger partial charge is 0.497 e. The molecule has 7 nitrogen and oxygen atoms in total. The van der Waals surface area contributed by atoms with Crippen LogP contribution in [-0.4, -0.2) is 42.7 Å². The van der Waals surface area contributed by atoms with Gasteiger partial charge in [0.25, 0.3) is 0 Å². The van der Waals surface area contributed by atoms with E-state index in [0.29, 0.717) is 55.5 Å². The molecule has 4 aromatic rings. The SMILES string of the molecule is CCOC(=O)C1CCN(c2nccc(-c3cc(C)ccc3OCc3ccc(-c4ccc(OC)cc4C(F)(F)F)cc3C)n2)CC1. The molecule has 0 amide bonds. The number of piperidine rings is 1. The normalized spacial score (nSPS) is 13.9. The highest BCUT2D eigenvalue weighted by Crippen LogP contribution is 2.40. The molecule has 10 heteroatoms. The fourth-order valence-electron chi connectivity index (χ4n) is 5.51. The molecule has 0 unspecified atom stereocenters.